The van der Waals surface area contributed by atoms with E-state index in [9.17, 15) is 14.7 Å². The Morgan fingerprint density at radius 2 is 1.78 bits per heavy atom. The van der Waals surface area contributed by atoms with Crippen LogP contribution in [0.1, 0.15) is 16.5 Å². The quantitative estimate of drug-likeness (QED) is 0.282. The third-order valence-electron chi connectivity index (χ3n) is 5.07. The van der Waals surface area contributed by atoms with E-state index in [0.29, 0.717) is 15.6 Å². The molecule has 1 unspecified atom stereocenters. The highest BCUT2D eigenvalue weighted by molar-refractivity contribution is 7.10. The Hall–Kier alpha value is -3.00. The number of halogens is 2. The van der Waals surface area contributed by atoms with Crippen molar-refractivity contribution >= 4 is 57.7 Å². The minimum Gasteiger partial charge on any atom is -0.507 e. The summed E-state index contributed by atoms with van der Waals surface area (Å²) in [6, 6.07) is 12.3. The molecule has 2 aromatic carbocycles. The van der Waals surface area contributed by atoms with Crippen molar-refractivity contribution in [1.29, 1.82) is 0 Å². The van der Waals surface area contributed by atoms with Crippen molar-refractivity contribution in [1.82, 2.24) is 0 Å². The molecular formula is C23H17Cl2NO5S. The first-order chi connectivity index (χ1) is 15.4. The standard InChI is InChI=1S/C23H17Cl2NO5S/c1-30-16-11-15(25)17(31-2)10-14(16)21(27)19-20(18-7-4-8-32-18)26(23(29)22(19)28)13-6-3-5-12(24)9-13/h3-11,20,27H,1-2H3/b21-19+. The fourth-order valence-electron chi connectivity index (χ4n) is 3.63. The molecule has 1 amide bonds. The summed E-state index contributed by atoms with van der Waals surface area (Å²) in [4.78, 5) is 28.3. The molecule has 1 aromatic heterocycles. The van der Waals surface area contributed by atoms with Gasteiger partial charge in [-0.25, -0.2) is 0 Å². The van der Waals surface area contributed by atoms with Gasteiger partial charge < -0.3 is 14.6 Å². The summed E-state index contributed by atoms with van der Waals surface area (Å²) in [6.45, 7) is 0. The van der Waals surface area contributed by atoms with E-state index in [1.807, 2.05) is 11.4 Å². The Kier molecular flexibility index (Phi) is 6.15. The van der Waals surface area contributed by atoms with Crippen molar-refractivity contribution in [2.75, 3.05) is 19.1 Å². The molecule has 9 heteroatoms. The maximum atomic E-state index is 13.2. The van der Waals surface area contributed by atoms with Gasteiger partial charge in [-0.05, 0) is 35.7 Å². The van der Waals surface area contributed by atoms with Crippen LogP contribution in [-0.2, 0) is 9.59 Å². The SMILES string of the molecule is COc1cc(/C(O)=C2\C(=O)C(=O)N(c3cccc(Cl)c3)C2c2cccs2)c(OC)cc1Cl. The molecule has 1 N–H and O–H groups in total. The van der Waals surface area contributed by atoms with E-state index in [0.717, 1.165) is 0 Å². The Morgan fingerprint density at radius 1 is 1.03 bits per heavy atom. The highest BCUT2D eigenvalue weighted by Gasteiger charge is 2.47. The summed E-state index contributed by atoms with van der Waals surface area (Å²) < 4.78 is 10.6. The lowest BCUT2D eigenvalue weighted by Gasteiger charge is -2.24. The van der Waals surface area contributed by atoms with Gasteiger partial charge in [0, 0.05) is 21.7 Å². The fourth-order valence-corrected chi connectivity index (χ4v) is 4.87. The number of carbonyl (C=O) groups is 2. The minimum absolute atomic E-state index is 0.0694. The van der Waals surface area contributed by atoms with Gasteiger partial charge in [-0.2, -0.15) is 0 Å². The summed E-state index contributed by atoms with van der Waals surface area (Å²) in [6.07, 6.45) is 0. The van der Waals surface area contributed by atoms with Crippen molar-refractivity contribution in [3.05, 3.63) is 80.0 Å². The van der Waals surface area contributed by atoms with Gasteiger partial charge in [0.2, 0.25) is 0 Å². The van der Waals surface area contributed by atoms with E-state index < -0.39 is 23.5 Å². The number of Topliss-reactive ketones (excluding diaryl/α,β-unsaturated/α-hetero) is 1. The highest BCUT2D eigenvalue weighted by Crippen LogP contribution is 2.46. The molecule has 0 bridgehead atoms. The van der Waals surface area contributed by atoms with Crippen LogP contribution in [0.5, 0.6) is 11.5 Å². The van der Waals surface area contributed by atoms with Crippen LogP contribution in [0, 0.1) is 0 Å². The second-order valence-corrected chi connectivity index (χ2v) is 8.67. The van der Waals surface area contributed by atoms with Crippen LogP contribution >= 0.6 is 34.5 Å². The first kappa shape index (κ1) is 22.2. The van der Waals surface area contributed by atoms with Crippen LogP contribution in [0.25, 0.3) is 5.76 Å². The summed E-state index contributed by atoms with van der Waals surface area (Å²) in [5, 5.41) is 13.8. The molecule has 1 saturated heterocycles. The van der Waals surface area contributed by atoms with Crippen LogP contribution in [0.4, 0.5) is 5.69 Å². The average Bonchev–Trinajstić information content (AvgIpc) is 3.40. The number of aliphatic hydroxyl groups excluding tert-OH is 1. The Balaban J connectivity index is 1.98. The first-order valence-electron chi connectivity index (χ1n) is 9.39. The maximum absolute atomic E-state index is 13.2. The zero-order chi connectivity index (χ0) is 23.0. The number of hydrogen-bond donors (Lipinski definition) is 1. The molecule has 0 spiro atoms. The number of nitrogens with zero attached hydrogens (tertiary/aromatic N) is 1. The summed E-state index contributed by atoms with van der Waals surface area (Å²) in [5.74, 6) is -1.47. The van der Waals surface area contributed by atoms with Crippen LogP contribution in [0.15, 0.2) is 59.5 Å². The smallest absolute Gasteiger partial charge is 0.300 e. The summed E-state index contributed by atoms with van der Waals surface area (Å²) in [7, 11) is 2.84. The number of ketones is 1. The van der Waals surface area contributed by atoms with Crippen LogP contribution < -0.4 is 14.4 Å². The molecule has 1 atom stereocenters. The van der Waals surface area contributed by atoms with Gasteiger partial charge >= 0.3 is 0 Å². The van der Waals surface area contributed by atoms with Gasteiger partial charge in [0.05, 0.1) is 30.4 Å². The van der Waals surface area contributed by atoms with Crippen molar-refractivity contribution < 1.29 is 24.2 Å². The highest BCUT2D eigenvalue weighted by atomic mass is 35.5. The molecule has 0 saturated carbocycles. The molecule has 32 heavy (non-hydrogen) atoms. The number of hydrogen-bond acceptors (Lipinski definition) is 6. The van der Waals surface area contributed by atoms with Gasteiger partial charge in [-0.1, -0.05) is 35.3 Å². The van der Waals surface area contributed by atoms with E-state index in [1.54, 1.807) is 30.3 Å². The van der Waals surface area contributed by atoms with Crippen LogP contribution in [0.2, 0.25) is 10.0 Å². The predicted octanol–water partition coefficient (Wildman–Crippen LogP) is 5.70. The normalized spacial score (nSPS) is 17.6. The number of ether oxygens (including phenoxy) is 2. The molecule has 6 nitrogen and oxygen atoms in total. The Bertz CT molecular complexity index is 1240. The maximum Gasteiger partial charge on any atom is 0.300 e. The lowest BCUT2D eigenvalue weighted by molar-refractivity contribution is -0.132. The number of carbonyl (C=O) groups excluding carboxylic acids is 2. The molecule has 3 aromatic rings. The number of methoxy groups -OCH3 is 2. The predicted molar refractivity (Wildman–Crippen MR) is 125 cm³/mol. The van der Waals surface area contributed by atoms with Crippen LogP contribution in [0.3, 0.4) is 0 Å². The van der Waals surface area contributed by atoms with Gasteiger partial charge in [-0.15, -0.1) is 11.3 Å². The van der Waals surface area contributed by atoms with Gasteiger partial charge in [0.25, 0.3) is 11.7 Å². The summed E-state index contributed by atoms with van der Waals surface area (Å²) >= 11 is 13.7. The largest absolute Gasteiger partial charge is 0.507 e. The molecule has 0 aliphatic carbocycles. The van der Waals surface area contributed by atoms with Crippen LogP contribution in [-0.4, -0.2) is 31.0 Å². The van der Waals surface area contributed by atoms with Crippen molar-refractivity contribution in [3.63, 3.8) is 0 Å². The van der Waals surface area contributed by atoms with E-state index in [1.165, 1.54) is 42.6 Å². The van der Waals surface area contributed by atoms with E-state index >= 15 is 0 Å². The van der Waals surface area contributed by atoms with Crippen molar-refractivity contribution in [3.8, 4) is 11.5 Å². The zero-order valence-corrected chi connectivity index (χ0v) is 19.3. The van der Waals surface area contributed by atoms with Gasteiger partial charge in [-0.3, -0.25) is 14.5 Å². The number of thiophene rings is 1. The number of anilines is 1. The molecule has 1 aliphatic rings. The van der Waals surface area contributed by atoms with E-state index in [2.05, 4.69) is 0 Å². The van der Waals surface area contributed by atoms with Crippen molar-refractivity contribution in [2.24, 2.45) is 0 Å². The Labute approximate surface area is 198 Å². The summed E-state index contributed by atoms with van der Waals surface area (Å²) in [5.41, 5.74) is 0.553. The van der Waals surface area contributed by atoms with E-state index in [-0.39, 0.29) is 27.7 Å². The monoisotopic (exact) mass is 489 g/mol. The topological polar surface area (TPSA) is 76.1 Å². The second-order valence-electron chi connectivity index (χ2n) is 6.85. The van der Waals surface area contributed by atoms with E-state index in [4.69, 9.17) is 32.7 Å². The Morgan fingerprint density at radius 3 is 2.41 bits per heavy atom. The molecule has 1 aliphatic heterocycles. The molecular weight excluding hydrogens is 473 g/mol. The van der Waals surface area contributed by atoms with Gasteiger partial charge in [0.1, 0.15) is 23.3 Å². The number of benzene rings is 2. The molecule has 164 valence electrons. The zero-order valence-electron chi connectivity index (χ0n) is 17.0. The third kappa shape index (κ3) is 3.72. The second kappa shape index (κ2) is 8.86. The van der Waals surface area contributed by atoms with Gasteiger partial charge in [0.15, 0.2) is 0 Å². The number of rotatable bonds is 5. The molecule has 1 fully saturated rings. The third-order valence-corrected chi connectivity index (χ3v) is 6.53. The minimum atomic E-state index is -0.847. The molecule has 0 radical (unpaired) electrons. The average molecular weight is 490 g/mol. The molecule has 4 rings (SSSR count). The fraction of sp³-hybridized carbons (Fsp3) is 0.130. The number of amides is 1. The lowest BCUT2D eigenvalue weighted by Crippen LogP contribution is -2.29. The molecule has 2 heterocycles. The van der Waals surface area contributed by atoms with Crippen molar-refractivity contribution in [2.45, 2.75) is 6.04 Å². The number of aliphatic hydroxyl groups is 1. The lowest BCUT2D eigenvalue weighted by atomic mass is 9.99. The first-order valence-corrected chi connectivity index (χ1v) is 11.0.